The average Bonchev–Trinajstić information content (AvgIpc) is 2.55. The topological polar surface area (TPSA) is 35.5 Å². The van der Waals surface area contributed by atoms with Gasteiger partial charge in [0.1, 0.15) is 11.5 Å². The number of carbonyl (C=O) groups is 1. The van der Waals surface area contributed by atoms with Gasteiger partial charge in [0.25, 0.3) is 0 Å². The standard InChI is InChI=1S/C19H22O3/c1-3-6-16-9-11-17(12-10-16)22-19(20)14-21-18-8-5-7-15(4-2)13-18/h5,7-13H,3-4,6,14H2,1-2H3. The zero-order valence-electron chi connectivity index (χ0n) is 13.2. The Labute approximate surface area is 131 Å². The summed E-state index contributed by atoms with van der Waals surface area (Å²) < 4.78 is 10.7. The maximum Gasteiger partial charge on any atom is 0.349 e. The number of benzene rings is 2. The lowest BCUT2D eigenvalue weighted by Crippen LogP contribution is -2.17. The minimum atomic E-state index is -0.398. The van der Waals surface area contributed by atoms with Gasteiger partial charge in [0.15, 0.2) is 6.61 Å². The summed E-state index contributed by atoms with van der Waals surface area (Å²) in [5.41, 5.74) is 2.42. The van der Waals surface area contributed by atoms with Crippen molar-refractivity contribution in [3.05, 3.63) is 59.7 Å². The third kappa shape index (κ3) is 4.92. The number of carbonyl (C=O) groups excluding carboxylic acids is 1. The van der Waals surface area contributed by atoms with Crippen LogP contribution in [-0.4, -0.2) is 12.6 Å². The largest absolute Gasteiger partial charge is 0.482 e. The molecule has 3 heteroatoms. The molecule has 0 unspecified atom stereocenters. The van der Waals surface area contributed by atoms with E-state index in [0.717, 1.165) is 19.3 Å². The molecule has 2 aromatic carbocycles. The summed E-state index contributed by atoms with van der Waals surface area (Å²) >= 11 is 0. The average molecular weight is 298 g/mol. The molecule has 0 N–H and O–H groups in total. The van der Waals surface area contributed by atoms with Gasteiger partial charge in [-0.3, -0.25) is 0 Å². The van der Waals surface area contributed by atoms with E-state index >= 15 is 0 Å². The van der Waals surface area contributed by atoms with E-state index in [1.165, 1.54) is 11.1 Å². The second kappa shape index (κ2) is 8.23. The zero-order chi connectivity index (χ0) is 15.8. The van der Waals surface area contributed by atoms with Crippen LogP contribution in [0.3, 0.4) is 0 Å². The van der Waals surface area contributed by atoms with Gasteiger partial charge in [-0.05, 0) is 48.2 Å². The number of hydrogen-bond donors (Lipinski definition) is 0. The Bertz CT molecular complexity index is 602. The molecule has 116 valence electrons. The molecule has 0 saturated heterocycles. The molecule has 0 atom stereocenters. The normalized spacial score (nSPS) is 10.3. The van der Waals surface area contributed by atoms with Crippen LogP contribution >= 0.6 is 0 Å². The number of ether oxygens (including phenoxy) is 2. The minimum Gasteiger partial charge on any atom is -0.482 e. The lowest BCUT2D eigenvalue weighted by atomic mass is 10.1. The van der Waals surface area contributed by atoms with Gasteiger partial charge in [-0.2, -0.15) is 0 Å². The molecule has 0 aliphatic rings. The number of esters is 1. The van der Waals surface area contributed by atoms with Crippen molar-refractivity contribution in [2.45, 2.75) is 33.1 Å². The van der Waals surface area contributed by atoms with Gasteiger partial charge in [-0.1, -0.05) is 44.5 Å². The molecule has 0 radical (unpaired) electrons. The first-order valence-electron chi connectivity index (χ1n) is 7.72. The Balaban J connectivity index is 1.84. The first-order valence-corrected chi connectivity index (χ1v) is 7.72. The van der Waals surface area contributed by atoms with Crippen LogP contribution in [0.25, 0.3) is 0 Å². The molecule has 0 aromatic heterocycles. The second-order valence-electron chi connectivity index (χ2n) is 5.16. The van der Waals surface area contributed by atoms with Gasteiger partial charge in [-0.15, -0.1) is 0 Å². The summed E-state index contributed by atoms with van der Waals surface area (Å²) in [5, 5.41) is 0. The summed E-state index contributed by atoms with van der Waals surface area (Å²) in [4.78, 5) is 11.8. The summed E-state index contributed by atoms with van der Waals surface area (Å²) in [6, 6.07) is 15.3. The molecule has 3 nitrogen and oxygen atoms in total. The Hall–Kier alpha value is -2.29. The highest BCUT2D eigenvalue weighted by molar-refractivity contribution is 5.73. The van der Waals surface area contributed by atoms with Crippen LogP contribution in [0.5, 0.6) is 11.5 Å². The summed E-state index contributed by atoms with van der Waals surface area (Å²) in [6.07, 6.45) is 3.07. The van der Waals surface area contributed by atoms with Gasteiger partial charge in [0.2, 0.25) is 0 Å². The maximum atomic E-state index is 11.8. The predicted octanol–water partition coefficient (Wildman–Crippen LogP) is 4.19. The first-order chi connectivity index (χ1) is 10.7. The first kappa shape index (κ1) is 16.1. The molecule has 0 saturated carbocycles. The van der Waals surface area contributed by atoms with Crippen LogP contribution in [0.15, 0.2) is 48.5 Å². The van der Waals surface area contributed by atoms with E-state index in [0.29, 0.717) is 11.5 Å². The summed E-state index contributed by atoms with van der Waals surface area (Å²) in [6.45, 7) is 4.12. The van der Waals surface area contributed by atoms with Crippen LogP contribution < -0.4 is 9.47 Å². The van der Waals surface area contributed by atoms with Gasteiger partial charge in [-0.25, -0.2) is 4.79 Å². The Morgan fingerprint density at radius 3 is 2.41 bits per heavy atom. The molecule has 0 amide bonds. The predicted molar refractivity (Wildman–Crippen MR) is 87.4 cm³/mol. The quantitative estimate of drug-likeness (QED) is 0.568. The highest BCUT2D eigenvalue weighted by Crippen LogP contribution is 2.15. The van der Waals surface area contributed by atoms with Gasteiger partial charge in [0, 0.05) is 0 Å². The Morgan fingerprint density at radius 1 is 0.955 bits per heavy atom. The molecular weight excluding hydrogens is 276 g/mol. The molecule has 0 spiro atoms. The van der Waals surface area contributed by atoms with Crippen molar-refractivity contribution in [3.8, 4) is 11.5 Å². The molecule has 0 heterocycles. The van der Waals surface area contributed by atoms with E-state index in [1.54, 1.807) is 0 Å². The summed E-state index contributed by atoms with van der Waals surface area (Å²) in [5.74, 6) is 0.843. The third-order valence-corrected chi connectivity index (χ3v) is 3.36. The fourth-order valence-electron chi connectivity index (χ4n) is 2.17. The van der Waals surface area contributed by atoms with E-state index in [2.05, 4.69) is 13.8 Å². The highest BCUT2D eigenvalue weighted by Gasteiger charge is 2.06. The van der Waals surface area contributed by atoms with Gasteiger partial charge < -0.3 is 9.47 Å². The minimum absolute atomic E-state index is 0.0934. The van der Waals surface area contributed by atoms with Gasteiger partial charge in [0.05, 0.1) is 0 Å². The maximum absolute atomic E-state index is 11.8. The molecule has 0 bridgehead atoms. The SMILES string of the molecule is CCCc1ccc(OC(=O)COc2cccc(CC)c2)cc1. The number of rotatable bonds is 7. The fourth-order valence-corrected chi connectivity index (χ4v) is 2.17. The van der Waals surface area contributed by atoms with Crippen molar-refractivity contribution >= 4 is 5.97 Å². The van der Waals surface area contributed by atoms with Crippen molar-refractivity contribution in [3.63, 3.8) is 0 Å². The Kier molecular flexibility index (Phi) is 6.01. The van der Waals surface area contributed by atoms with E-state index in [4.69, 9.17) is 9.47 Å². The lowest BCUT2D eigenvalue weighted by Gasteiger charge is -2.08. The third-order valence-electron chi connectivity index (χ3n) is 3.36. The molecule has 2 aromatic rings. The molecule has 2 rings (SSSR count). The molecule has 22 heavy (non-hydrogen) atoms. The van der Waals surface area contributed by atoms with Gasteiger partial charge >= 0.3 is 5.97 Å². The zero-order valence-corrected chi connectivity index (χ0v) is 13.2. The second-order valence-corrected chi connectivity index (χ2v) is 5.16. The molecule has 0 aliphatic heterocycles. The fraction of sp³-hybridized carbons (Fsp3) is 0.316. The number of hydrogen-bond acceptors (Lipinski definition) is 3. The van der Waals surface area contributed by atoms with Crippen LogP contribution in [0, 0.1) is 0 Å². The lowest BCUT2D eigenvalue weighted by molar-refractivity contribution is -0.136. The number of aryl methyl sites for hydroxylation is 2. The monoisotopic (exact) mass is 298 g/mol. The molecule has 0 fully saturated rings. The van der Waals surface area contributed by atoms with E-state index in [-0.39, 0.29) is 6.61 Å². The van der Waals surface area contributed by atoms with E-state index in [9.17, 15) is 4.79 Å². The van der Waals surface area contributed by atoms with Crippen molar-refractivity contribution in [1.82, 2.24) is 0 Å². The van der Waals surface area contributed by atoms with E-state index < -0.39 is 5.97 Å². The Morgan fingerprint density at radius 2 is 1.73 bits per heavy atom. The van der Waals surface area contributed by atoms with E-state index in [1.807, 2.05) is 48.5 Å². The van der Waals surface area contributed by atoms with Crippen LogP contribution in [0.1, 0.15) is 31.4 Å². The summed E-state index contributed by atoms with van der Waals surface area (Å²) in [7, 11) is 0. The van der Waals surface area contributed by atoms with Crippen molar-refractivity contribution in [2.75, 3.05) is 6.61 Å². The van der Waals surface area contributed by atoms with Crippen molar-refractivity contribution in [1.29, 1.82) is 0 Å². The molecule has 0 aliphatic carbocycles. The van der Waals surface area contributed by atoms with Crippen molar-refractivity contribution in [2.24, 2.45) is 0 Å². The van der Waals surface area contributed by atoms with Crippen molar-refractivity contribution < 1.29 is 14.3 Å². The smallest absolute Gasteiger partial charge is 0.349 e. The highest BCUT2D eigenvalue weighted by atomic mass is 16.6. The van der Waals surface area contributed by atoms with Crippen LogP contribution in [-0.2, 0) is 17.6 Å². The van der Waals surface area contributed by atoms with Crippen LogP contribution in [0.2, 0.25) is 0 Å². The van der Waals surface area contributed by atoms with Crippen LogP contribution in [0.4, 0.5) is 0 Å². The molecular formula is C19H22O3.